The van der Waals surface area contributed by atoms with Crippen LogP contribution in [0.1, 0.15) is 19.4 Å². The first-order valence-corrected chi connectivity index (χ1v) is 4.48. The highest BCUT2D eigenvalue weighted by Gasteiger charge is 1.97. The molecule has 0 aliphatic carbocycles. The van der Waals surface area contributed by atoms with Gasteiger partial charge in [0.1, 0.15) is 12.4 Å². The molecule has 0 atom stereocenters. The fourth-order valence-corrected chi connectivity index (χ4v) is 1.12. The van der Waals surface area contributed by atoms with E-state index >= 15 is 0 Å². The van der Waals surface area contributed by atoms with Gasteiger partial charge in [0.15, 0.2) is 0 Å². The molecule has 1 nitrogen and oxygen atoms in total. The molecule has 0 bridgehead atoms. The number of hydrogen-bond acceptors (Lipinski definition) is 1. The third kappa shape index (κ3) is 2.83. The lowest BCUT2D eigenvalue weighted by atomic mass is 10.1. The molecular formula is C12H14O. The van der Waals surface area contributed by atoms with Crippen LogP contribution >= 0.6 is 0 Å². The zero-order valence-corrected chi connectivity index (χ0v) is 8.13. The van der Waals surface area contributed by atoms with E-state index in [2.05, 4.69) is 24.8 Å². The largest absolute Gasteiger partial charge is 0.481 e. The van der Waals surface area contributed by atoms with Gasteiger partial charge >= 0.3 is 0 Å². The maximum atomic E-state index is 5.49. The summed E-state index contributed by atoms with van der Waals surface area (Å²) in [5.41, 5.74) is 1.24. The fraction of sp³-hybridized carbons (Fsp3) is 0.333. The molecular weight excluding hydrogens is 160 g/mol. The second-order valence-corrected chi connectivity index (χ2v) is 2.68. The summed E-state index contributed by atoms with van der Waals surface area (Å²) in [6.07, 6.45) is 0.996. The first-order chi connectivity index (χ1) is 6.38. The highest BCUT2D eigenvalue weighted by Crippen LogP contribution is 2.17. The summed E-state index contributed by atoms with van der Waals surface area (Å²) in [4.78, 5) is 0. The predicted molar refractivity (Wildman–Crippen MR) is 54.8 cm³/mol. The second kappa shape index (κ2) is 5.27. The van der Waals surface area contributed by atoms with E-state index < -0.39 is 0 Å². The molecule has 1 aromatic carbocycles. The van der Waals surface area contributed by atoms with Crippen molar-refractivity contribution in [3.8, 4) is 17.6 Å². The SMILES string of the molecule is CC#CCOc1ccccc1CC. The number of rotatable bonds is 3. The van der Waals surface area contributed by atoms with Gasteiger partial charge in [-0.1, -0.05) is 31.0 Å². The number of para-hydroxylation sites is 1. The van der Waals surface area contributed by atoms with E-state index in [0.717, 1.165) is 12.2 Å². The van der Waals surface area contributed by atoms with Crippen LogP contribution in [-0.4, -0.2) is 6.61 Å². The topological polar surface area (TPSA) is 9.23 Å². The third-order valence-electron chi connectivity index (χ3n) is 1.83. The van der Waals surface area contributed by atoms with E-state index in [9.17, 15) is 0 Å². The normalized spacial score (nSPS) is 8.77. The van der Waals surface area contributed by atoms with Gasteiger partial charge in [0.05, 0.1) is 0 Å². The van der Waals surface area contributed by atoms with Crippen LogP contribution < -0.4 is 4.74 Å². The summed E-state index contributed by atoms with van der Waals surface area (Å²) in [6, 6.07) is 8.07. The van der Waals surface area contributed by atoms with Gasteiger partial charge in [-0.25, -0.2) is 0 Å². The van der Waals surface area contributed by atoms with E-state index in [0.29, 0.717) is 6.61 Å². The van der Waals surface area contributed by atoms with Gasteiger partial charge in [0.2, 0.25) is 0 Å². The van der Waals surface area contributed by atoms with Crippen LogP contribution in [0.4, 0.5) is 0 Å². The molecule has 1 heteroatoms. The average Bonchev–Trinajstić information content (AvgIpc) is 2.19. The minimum Gasteiger partial charge on any atom is -0.481 e. The van der Waals surface area contributed by atoms with Crippen molar-refractivity contribution < 1.29 is 4.74 Å². The zero-order chi connectivity index (χ0) is 9.52. The number of aryl methyl sites for hydroxylation is 1. The molecule has 13 heavy (non-hydrogen) atoms. The lowest BCUT2D eigenvalue weighted by molar-refractivity contribution is 0.366. The van der Waals surface area contributed by atoms with E-state index in [1.807, 2.05) is 25.1 Å². The first-order valence-electron chi connectivity index (χ1n) is 4.48. The Balaban J connectivity index is 2.67. The Morgan fingerprint density at radius 1 is 1.31 bits per heavy atom. The van der Waals surface area contributed by atoms with Crippen LogP contribution in [0.3, 0.4) is 0 Å². The minimum absolute atomic E-state index is 0.480. The molecule has 0 saturated carbocycles. The molecule has 0 saturated heterocycles. The van der Waals surface area contributed by atoms with Crippen molar-refractivity contribution in [2.75, 3.05) is 6.61 Å². The van der Waals surface area contributed by atoms with Crippen molar-refractivity contribution >= 4 is 0 Å². The Labute approximate surface area is 79.7 Å². The van der Waals surface area contributed by atoms with Crippen molar-refractivity contribution in [3.05, 3.63) is 29.8 Å². The van der Waals surface area contributed by atoms with E-state index in [-0.39, 0.29) is 0 Å². The second-order valence-electron chi connectivity index (χ2n) is 2.68. The lowest BCUT2D eigenvalue weighted by Crippen LogP contribution is -1.96. The van der Waals surface area contributed by atoms with Crippen LogP contribution in [0.15, 0.2) is 24.3 Å². The molecule has 68 valence electrons. The van der Waals surface area contributed by atoms with Gasteiger partial charge in [-0.15, -0.1) is 5.92 Å². The van der Waals surface area contributed by atoms with Crippen LogP contribution in [0.25, 0.3) is 0 Å². The Kier molecular flexibility index (Phi) is 3.92. The number of benzene rings is 1. The van der Waals surface area contributed by atoms with Crippen molar-refractivity contribution in [2.24, 2.45) is 0 Å². The van der Waals surface area contributed by atoms with Crippen LogP contribution in [0.5, 0.6) is 5.75 Å². The Morgan fingerprint density at radius 2 is 2.08 bits per heavy atom. The predicted octanol–water partition coefficient (Wildman–Crippen LogP) is 2.65. The molecule has 0 radical (unpaired) electrons. The summed E-state index contributed by atoms with van der Waals surface area (Å²) >= 11 is 0. The molecule has 0 aromatic heterocycles. The zero-order valence-electron chi connectivity index (χ0n) is 8.13. The van der Waals surface area contributed by atoms with Gasteiger partial charge in [0, 0.05) is 0 Å². The monoisotopic (exact) mass is 174 g/mol. The van der Waals surface area contributed by atoms with Crippen LogP contribution in [-0.2, 0) is 6.42 Å². The van der Waals surface area contributed by atoms with Crippen molar-refractivity contribution in [1.82, 2.24) is 0 Å². The standard InChI is InChI=1S/C12H14O/c1-3-5-10-13-12-9-7-6-8-11(12)4-2/h6-9H,4,10H2,1-2H3. The average molecular weight is 174 g/mol. The molecule has 0 amide bonds. The highest BCUT2D eigenvalue weighted by atomic mass is 16.5. The Bertz CT molecular complexity index is 317. The summed E-state index contributed by atoms with van der Waals surface area (Å²) < 4.78 is 5.49. The smallest absolute Gasteiger partial charge is 0.149 e. The molecule has 0 fully saturated rings. The van der Waals surface area contributed by atoms with Gasteiger partial charge in [-0.2, -0.15) is 0 Å². The number of ether oxygens (including phenoxy) is 1. The molecule has 0 unspecified atom stereocenters. The molecule has 1 rings (SSSR count). The summed E-state index contributed by atoms with van der Waals surface area (Å²) in [7, 11) is 0. The van der Waals surface area contributed by atoms with Crippen LogP contribution in [0, 0.1) is 11.8 Å². The summed E-state index contributed by atoms with van der Waals surface area (Å²) in [6.45, 7) is 4.41. The number of hydrogen-bond donors (Lipinski definition) is 0. The van der Waals surface area contributed by atoms with Gasteiger partial charge in [-0.05, 0) is 25.0 Å². The quantitative estimate of drug-likeness (QED) is 0.640. The molecule has 0 aliphatic heterocycles. The molecule has 0 heterocycles. The van der Waals surface area contributed by atoms with Gasteiger partial charge < -0.3 is 4.74 Å². The highest BCUT2D eigenvalue weighted by molar-refractivity contribution is 5.33. The molecule has 0 aliphatic rings. The molecule has 0 N–H and O–H groups in total. The van der Waals surface area contributed by atoms with E-state index in [4.69, 9.17) is 4.74 Å². The van der Waals surface area contributed by atoms with Gasteiger partial charge in [0.25, 0.3) is 0 Å². The van der Waals surface area contributed by atoms with E-state index in [1.165, 1.54) is 5.56 Å². The lowest BCUT2D eigenvalue weighted by Gasteiger charge is -2.06. The molecule has 0 spiro atoms. The maximum absolute atomic E-state index is 5.49. The summed E-state index contributed by atoms with van der Waals surface area (Å²) in [5, 5.41) is 0. The Morgan fingerprint density at radius 3 is 2.77 bits per heavy atom. The van der Waals surface area contributed by atoms with Crippen LogP contribution in [0.2, 0.25) is 0 Å². The van der Waals surface area contributed by atoms with Crippen molar-refractivity contribution in [1.29, 1.82) is 0 Å². The Hall–Kier alpha value is -1.42. The van der Waals surface area contributed by atoms with Crippen molar-refractivity contribution in [2.45, 2.75) is 20.3 Å². The fourth-order valence-electron chi connectivity index (χ4n) is 1.12. The van der Waals surface area contributed by atoms with Gasteiger partial charge in [-0.3, -0.25) is 0 Å². The van der Waals surface area contributed by atoms with E-state index in [1.54, 1.807) is 0 Å². The van der Waals surface area contributed by atoms with Crippen molar-refractivity contribution in [3.63, 3.8) is 0 Å². The first kappa shape index (κ1) is 9.67. The maximum Gasteiger partial charge on any atom is 0.149 e. The third-order valence-corrected chi connectivity index (χ3v) is 1.83. The molecule has 1 aromatic rings. The summed E-state index contributed by atoms with van der Waals surface area (Å²) in [5.74, 6) is 6.63. The minimum atomic E-state index is 0.480.